The first-order valence-electron chi connectivity index (χ1n) is 6.14. The summed E-state index contributed by atoms with van der Waals surface area (Å²) < 4.78 is 0. The summed E-state index contributed by atoms with van der Waals surface area (Å²) in [5, 5.41) is 2.86. The number of carbonyl (C=O) groups excluding carboxylic acids is 1. The Bertz CT molecular complexity index is 462. The van der Waals surface area contributed by atoms with Gasteiger partial charge >= 0.3 is 0 Å². The monoisotopic (exact) mass is 280 g/mol. The third kappa shape index (κ3) is 4.82. The summed E-state index contributed by atoms with van der Waals surface area (Å²) >= 11 is 4.98. The van der Waals surface area contributed by atoms with E-state index in [0.717, 1.165) is 0 Å². The van der Waals surface area contributed by atoms with Gasteiger partial charge in [-0.3, -0.25) is 4.79 Å². The van der Waals surface area contributed by atoms with Crippen LogP contribution in [-0.4, -0.2) is 36.0 Å². The molecule has 1 amide bonds. The Balaban J connectivity index is 2.70. The van der Waals surface area contributed by atoms with Crippen molar-refractivity contribution < 1.29 is 4.79 Å². The zero-order valence-electron chi connectivity index (χ0n) is 11.5. The molecule has 0 bridgehead atoms. The fraction of sp³-hybridized carbons (Fsp3) is 0.462. The number of amides is 1. The topological polar surface area (TPSA) is 71.2 Å². The number of likely N-dealkylation sites (N-methyl/N-ethyl adjacent to an activating group) is 1. The number of carbonyl (C=O) groups is 1. The summed E-state index contributed by atoms with van der Waals surface area (Å²) in [7, 11) is 1.79. The van der Waals surface area contributed by atoms with Gasteiger partial charge in [-0.2, -0.15) is 0 Å². The number of hydrogen-bond donors (Lipinski definition) is 2. The maximum Gasteiger partial charge on any atom is 0.239 e. The molecule has 1 aromatic rings. The minimum Gasteiger partial charge on any atom is -0.389 e. The summed E-state index contributed by atoms with van der Waals surface area (Å²) in [5.74, 6) is 1.00. The number of pyridine rings is 1. The van der Waals surface area contributed by atoms with Crippen molar-refractivity contribution in [1.82, 2.24) is 10.3 Å². The Kier molecular flexibility index (Phi) is 5.69. The smallest absolute Gasteiger partial charge is 0.239 e. The number of thiocarbonyl (C=S) groups is 1. The van der Waals surface area contributed by atoms with E-state index in [4.69, 9.17) is 18.0 Å². The van der Waals surface area contributed by atoms with E-state index in [0.29, 0.717) is 23.8 Å². The maximum atomic E-state index is 11.8. The lowest BCUT2D eigenvalue weighted by Crippen LogP contribution is -2.37. The molecule has 0 aliphatic heterocycles. The van der Waals surface area contributed by atoms with Crippen LogP contribution in [0.3, 0.4) is 0 Å². The van der Waals surface area contributed by atoms with E-state index < -0.39 is 0 Å². The van der Waals surface area contributed by atoms with Crippen molar-refractivity contribution >= 4 is 28.9 Å². The first-order valence-corrected chi connectivity index (χ1v) is 6.55. The Morgan fingerprint density at radius 1 is 1.58 bits per heavy atom. The molecule has 0 aliphatic carbocycles. The lowest BCUT2D eigenvalue weighted by Gasteiger charge is -2.20. The minimum absolute atomic E-state index is 0.0456. The van der Waals surface area contributed by atoms with Gasteiger partial charge in [-0.25, -0.2) is 4.98 Å². The predicted molar refractivity (Wildman–Crippen MR) is 81.2 cm³/mol. The van der Waals surface area contributed by atoms with Gasteiger partial charge in [-0.15, -0.1) is 0 Å². The number of aromatic nitrogens is 1. The molecule has 0 fully saturated rings. The number of nitrogens with one attached hydrogen (secondary N) is 1. The first-order chi connectivity index (χ1) is 8.91. The van der Waals surface area contributed by atoms with Crippen molar-refractivity contribution in [1.29, 1.82) is 0 Å². The number of rotatable bonds is 6. The van der Waals surface area contributed by atoms with E-state index in [-0.39, 0.29) is 17.4 Å². The van der Waals surface area contributed by atoms with Gasteiger partial charge in [0.2, 0.25) is 5.91 Å². The van der Waals surface area contributed by atoms with Gasteiger partial charge in [0.1, 0.15) is 10.8 Å². The molecule has 1 heterocycles. The zero-order valence-corrected chi connectivity index (χ0v) is 12.3. The lowest BCUT2D eigenvalue weighted by molar-refractivity contribution is -0.119. The number of anilines is 1. The summed E-state index contributed by atoms with van der Waals surface area (Å²) in [5.41, 5.74) is 6.32. The number of nitrogens with two attached hydrogens (primary N) is 1. The molecular weight excluding hydrogens is 260 g/mol. The highest BCUT2D eigenvalue weighted by Crippen LogP contribution is 2.15. The van der Waals surface area contributed by atoms with Gasteiger partial charge in [-0.1, -0.05) is 26.1 Å². The van der Waals surface area contributed by atoms with E-state index in [1.807, 2.05) is 13.8 Å². The van der Waals surface area contributed by atoms with Crippen molar-refractivity contribution in [2.24, 2.45) is 11.7 Å². The maximum absolute atomic E-state index is 11.8. The second-order valence-electron chi connectivity index (χ2n) is 4.79. The Morgan fingerprint density at radius 2 is 2.26 bits per heavy atom. The largest absolute Gasteiger partial charge is 0.389 e. The summed E-state index contributed by atoms with van der Waals surface area (Å²) in [6, 6.07) is 3.57. The molecule has 0 radical (unpaired) electrons. The predicted octanol–water partition coefficient (Wildman–Crippen LogP) is 0.924. The molecule has 0 aliphatic rings. The standard InChI is InChI=1S/C13H20N4OS/c1-9(2)7-16-11(18)8-17(3)13-10(12(14)19)5-4-6-15-13/h4-6,9H,7-8H2,1-3H3,(H2,14,19)(H,16,18). The molecule has 0 saturated heterocycles. The van der Waals surface area contributed by atoms with Crippen LogP contribution in [0.25, 0.3) is 0 Å². The summed E-state index contributed by atoms with van der Waals surface area (Å²) in [6.07, 6.45) is 1.65. The van der Waals surface area contributed by atoms with Gasteiger partial charge in [0.25, 0.3) is 0 Å². The minimum atomic E-state index is -0.0456. The van der Waals surface area contributed by atoms with Crippen LogP contribution in [0.5, 0.6) is 0 Å². The fourth-order valence-electron chi connectivity index (χ4n) is 1.56. The van der Waals surface area contributed by atoms with Crippen molar-refractivity contribution in [2.45, 2.75) is 13.8 Å². The van der Waals surface area contributed by atoms with E-state index in [1.165, 1.54) is 0 Å². The van der Waals surface area contributed by atoms with Crippen molar-refractivity contribution in [3.63, 3.8) is 0 Å². The third-order valence-corrected chi connectivity index (χ3v) is 2.72. The molecule has 0 unspecified atom stereocenters. The summed E-state index contributed by atoms with van der Waals surface area (Å²) in [4.78, 5) is 18.0. The SMILES string of the molecule is CC(C)CNC(=O)CN(C)c1ncccc1C(N)=S. The van der Waals surface area contributed by atoms with Crippen LogP contribution in [0, 0.1) is 5.92 Å². The van der Waals surface area contributed by atoms with Crippen molar-refractivity contribution in [3.05, 3.63) is 23.9 Å². The molecule has 0 saturated carbocycles. The Morgan fingerprint density at radius 3 is 2.84 bits per heavy atom. The van der Waals surface area contributed by atoms with Gasteiger partial charge in [0.05, 0.1) is 12.1 Å². The molecule has 0 aromatic carbocycles. The highest BCUT2D eigenvalue weighted by atomic mass is 32.1. The van der Waals surface area contributed by atoms with Crippen LogP contribution in [0.4, 0.5) is 5.82 Å². The van der Waals surface area contributed by atoms with Gasteiger partial charge in [0, 0.05) is 19.8 Å². The van der Waals surface area contributed by atoms with E-state index in [1.54, 1.807) is 30.3 Å². The second kappa shape index (κ2) is 7.04. The number of nitrogens with zero attached hydrogens (tertiary/aromatic N) is 2. The van der Waals surface area contributed by atoms with Gasteiger partial charge in [0.15, 0.2) is 0 Å². The Labute approximate surface area is 119 Å². The van der Waals surface area contributed by atoms with E-state index in [2.05, 4.69) is 10.3 Å². The second-order valence-corrected chi connectivity index (χ2v) is 5.23. The molecule has 0 spiro atoms. The van der Waals surface area contributed by atoms with E-state index in [9.17, 15) is 4.79 Å². The highest BCUT2D eigenvalue weighted by molar-refractivity contribution is 7.80. The quantitative estimate of drug-likeness (QED) is 0.758. The molecule has 0 atom stereocenters. The molecule has 5 nitrogen and oxygen atoms in total. The molecule has 6 heteroatoms. The first kappa shape index (κ1) is 15.4. The average Bonchev–Trinajstić information content (AvgIpc) is 2.36. The molecular formula is C13H20N4OS. The normalized spacial score (nSPS) is 10.3. The van der Waals surface area contributed by atoms with Crippen molar-refractivity contribution in [3.8, 4) is 0 Å². The highest BCUT2D eigenvalue weighted by Gasteiger charge is 2.13. The Hall–Kier alpha value is -1.69. The van der Waals surface area contributed by atoms with E-state index >= 15 is 0 Å². The molecule has 3 N–H and O–H groups in total. The molecule has 104 valence electrons. The van der Waals surface area contributed by atoms with Crippen LogP contribution < -0.4 is 16.0 Å². The molecule has 1 rings (SSSR count). The third-order valence-electron chi connectivity index (χ3n) is 2.50. The zero-order chi connectivity index (χ0) is 14.4. The number of hydrogen-bond acceptors (Lipinski definition) is 4. The lowest BCUT2D eigenvalue weighted by atomic mass is 10.2. The van der Waals surface area contributed by atoms with Gasteiger partial charge in [-0.05, 0) is 18.1 Å². The van der Waals surface area contributed by atoms with Crippen LogP contribution in [-0.2, 0) is 4.79 Å². The fourth-order valence-corrected chi connectivity index (χ4v) is 1.72. The molecule has 1 aromatic heterocycles. The van der Waals surface area contributed by atoms with Crippen LogP contribution in [0.15, 0.2) is 18.3 Å². The molecule has 19 heavy (non-hydrogen) atoms. The van der Waals surface area contributed by atoms with Crippen molar-refractivity contribution in [2.75, 3.05) is 25.0 Å². The van der Waals surface area contributed by atoms with Gasteiger partial charge < -0.3 is 16.0 Å². The average molecular weight is 280 g/mol. The van der Waals surface area contributed by atoms with Crippen LogP contribution in [0.1, 0.15) is 19.4 Å². The summed E-state index contributed by atoms with van der Waals surface area (Å²) in [6.45, 7) is 4.98. The van der Waals surface area contributed by atoms with Crippen LogP contribution >= 0.6 is 12.2 Å². The van der Waals surface area contributed by atoms with Crippen LogP contribution in [0.2, 0.25) is 0 Å².